The van der Waals surface area contributed by atoms with Crippen LogP contribution in [0.4, 0.5) is 0 Å². The van der Waals surface area contributed by atoms with Crippen LogP contribution in [0.3, 0.4) is 0 Å². The predicted molar refractivity (Wildman–Crippen MR) is 56.4 cm³/mol. The molecule has 0 unspecified atom stereocenters. The lowest BCUT2D eigenvalue weighted by atomic mass is 10.2. The third kappa shape index (κ3) is 3.25. The fraction of sp³-hybridized carbons (Fsp3) is 0.364. The van der Waals surface area contributed by atoms with E-state index in [1.165, 1.54) is 0 Å². The zero-order valence-electron chi connectivity index (χ0n) is 8.90. The maximum atomic E-state index is 11.6. The first kappa shape index (κ1) is 11.5. The van der Waals surface area contributed by atoms with Crippen molar-refractivity contribution in [2.45, 2.75) is 13.8 Å². The molecule has 0 aliphatic heterocycles. The highest BCUT2D eigenvalue weighted by Crippen LogP contribution is 2.17. The van der Waals surface area contributed by atoms with Crippen LogP contribution in [0.15, 0.2) is 24.3 Å². The van der Waals surface area contributed by atoms with E-state index in [2.05, 4.69) is 4.84 Å². The van der Waals surface area contributed by atoms with E-state index < -0.39 is 5.97 Å². The van der Waals surface area contributed by atoms with Crippen LogP contribution in [0.1, 0.15) is 24.2 Å². The molecule has 0 saturated heterocycles. The molecular formula is C11H15NO3. The van der Waals surface area contributed by atoms with Crippen molar-refractivity contribution in [1.82, 2.24) is 0 Å². The number of benzene rings is 1. The summed E-state index contributed by atoms with van der Waals surface area (Å²) in [4.78, 5) is 16.1. The lowest BCUT2D eigenvalue weighted by Gasteiger charge is -2.09. The highest BCUT2D eigenvalue weighted by atomic mass is 16.6. The topological polar surface area (TPSA) is 61.5 Å². The third-order valence-electron chi connectivity index (χ3n) is 1.78. The monoisotopic (exact) mass is 209 g/mol. The van der Waals surface area contributed by atoms with Gasteiger partial charge in [-0.15, -0.1) is 0 Å². The van der Waals surface area contributed by atoms with Crippen LogP contribution in [0.2, 0.25) is 0 Å². The quantitative estimate of drug-likeness (QED) is 0.606. The van der Waals surface area contributed by atoms with Gasteiger partial charge in [0.05, 0.1) is 6.61 Å². The van der Waals surface area contributed by atoms with Gasteiger partial charge in [-0.2, -0.15) is 5.90 Å². The average molecular weight is 209 g/mol. The van der Waals surface area contributed by atoms with Crippen LogP contribution >= 0.6 is 0 Å². The lowest BCUT2D eigenvalue weighted by Crippen LogP contribution is -2.13. The van der Waals surface area contributed by atoms with Gasteiger partial charge in [-0.05, 0) is 18.1 Å². The van der Waals surface area contributed by atoms with Gasteiger partial charge in [-0.3, -0.25) is 0 Å². The van der Waals surface area contributed by atoms with E-state index in [4.69, 9.17) is 10.6 Å². The Morgan fingerprint density at radius 1 is 1.40 bits per heavy atom. The summed E-state index contributed by atoms with van der Waals surface area (Å²) in [5.74, 6) is 5.26. The fourth-order valence-corrected chi connectivity index (χ4v) is 1.06. The minimum Gasteiger partial charge on any atom is -0.462 e. The average Bonchev–Trinajstić information content (AvgIpc) is 2.25. The summed E-state index contributed by atoms with van der Waals surface area (Å²) in [5, 5.41) is 0. The summed E-state index contributed by atoms with van der Waals surface area (Å²) in [6, 6.07) is 6.70. The van der Waals surface area contributed by atoms with E-state index in [9.17, 15) is 4.79 Å². The van der Waals surface area contributed by atoms with Crippen LogP contribution in [-0.4, -0.2) is 12.6 Å². The molecule has 0 heterocycles. The predicted octanol–water partition coefficient (Wildman–Crippen LogP) is 1.75. The zero-order valence-corrected chi connectivity index (χ0v) is 8.90. The van der Waals surface area contributed by atoms with Gasteiger partial charge in [-0.1, -0.05) is 26.0 Å². The molecular weight excluding hydrogens is 194 g/mol. The molecule has 0 bridgehead atoms. The molecule has 1 aromatic rings. The number of para-hydroxylation sites is 1. The molecule has 0 aromatic heterocycles. The van der Waals surface area contributed by atoms with Crippen molar-refractivity contribution in [2.24, 2.45) is 11.8 Å². The molecule has 2 N–H and O–H groups in total. The van der Waals surface area contributed by atoms with Crippen molar-refractivity contribution < 1.29 is 14.4 Å². The summed E-state index contributed by atoms with van der Waals surface area (Å²) in [6.45, 7) is 4.33. The number of nitrogens with two attached hydrogens (primary N) is 1. The molecule has 0 atom stereocenters. The first-order valence-corrected chi connectivity index (χ1v) is 4.78. The molecule has 0 aliphatic carbocycles. The molecule has 0 saturated carbocycles. The zero-order chi connectivity index (χ0) is 11.3. The Morgan fingerprint density at radius 3 is 2.67 bits per heavy atom. The summed E-state index contributed by atoms with van der Waals surface area (Å²) in [6.07, 6.45) is 0. The molecule has 1 rings (SSSR count). The van der Waals surface area contributed by atoms with E-state index in [0.29, 0.717) is 23.8 Å². The SMILES string of the molecule is CC(C)COC(=O)c1ccccc1ON. The summed E-state index contributed by atoms with van der Waals surface area (Å²) >= 11 is 0. The molecule has 4 nitrogen and oxygen atoms in total. The molecule has 82 valence electrons. The number of esters is 1. The highest BCUT2D eigenvalue weighted by Gasteiger charge is 2.13. The minimum atomic E-state index is -0.412. The summed E-state index contributed by atoms with van der Waals surface area (Å²) in [7, 11) is 0. The Labute approximate surface area is 88.9 Å². The number of hydrogen-bond donors (Lipinski definition) is 1. The minimum absolute atomic E-state index is 0.305. The van der Waals surface area contributed by atoms with Crippen molar-refractivity contribution in [1.29, 1.82) is 0 Å². The first-order chi connectivity index (χ1) is 7.15. The van der Waals surface area contributed by atoms with Crippen LogP contribution in [-0.2, 0) is 4.74 Å². The van der Waals surface area contributed by atoms with Gasteiger partial charge in [0.1, 0.15) is 5.56 Å². The van der Waals surface area contributed by atoms with Crippen LogP contribution < -0.4 is 10.7 Å². The van der Waals surface area contributed by atoms with Crippen molar-refractivity contribution in [3.8, 4) is 5.75 Å². The first-order valence-electron chi connectivity index (χ1n) is 4.78. The van der Waals surface area contributed by atoms with Gasteiger partial charge in [0.25, 0.3) is 0 Å². The van der Waals surface area contributed by atoms with Gasteiger partial charge in [0, 0.05) is 0 Å². The highest BCUT2D eigenvalue weighted by molar-refractivity contribution is 5.92. The second-order valence-corrected chi connectivity index (χ2v) is 3.61. The van der Waals surface area contributed by atoms with E-state index >= 15 is 0 Å². The van der Waals surface area contributed by atoms with Gasteiger partial charge in [0.15, 0.2) is 5.75 Å². The van der Waals surface area contributed by atoms with Crippen LogP contribution in [0.25, 0.3) is 0 Å². The summed E-state index contributed by atoms with van der Waals surface area (Å²) in [5.41, 5.74) is 0.348. The molecule has 15 heavy (non-hydrogen) atoms. The van der Waals surface area contributed by atoms with E-state index in [0.717, 1.165) is 0 Å². The third-order valence-corrected chi connectivity index (χ3v) is 1.78. The van der Waals surface area contributed by atoms with Gasteiger partial charge in [0.2, 0.25) is 0 Å². The number of ether oxygens (including phenoxy) is 1. The maximum absolute atomic E-state index is 11.6. The van der Waals surface area contributed by atoms with E-state index in [1.807, 2.05) is 13.8 Å². The molecule has 0 amide bonds. The second kappa shape index (κ2) is 5.36. The van der Waals surface area contributed by atoms with Crippen LogP contribution in [0, 0.1) is 5.92 Å². The van der Waals surface area contributed by atoms with Gasteiger partial charge >= 0.3 is 5.97 Å². The Kier molecular flexibility index (Phi) is 4.12. The molecule has 4 heteroatoms. The number of carbonyl (C=O) groups is 1. The lowest BCUT2D eigenvalue weighted by molar-refractivity contribution is 0.0454. The normalized spacial score (nSPS) is 10.1. The number of rotatable bonds is 4. The van der Waals surface area contributed by atoms with Crippen molar-refractivity contribution in [3.63, 3.8) is 0 Å². The summed E-state index contributed by atoms with van der Waals surface area (Å²) < 4.78 is 5.06. The number of carbonyl (C=O) groups excluding carboxylic acids is 1. The van der Waals surface area contributed by atoms with E-state index in [-0.39, 0.29) is 0 Å². The molecule has 0 spiro atoms. The largest absolute Gasteiger partial charge is 0.462 e. The second-order valence-electron chi connectivity index (χ2n) is 3.61. The Bertz CT molecular complexity index is 336. The van der Waals surface area contributed by atoms with Crippen molar-refractivity contribution in [3.05, 3.63) is 29.8 Å². The van der Waals surface area contributed by atoms with Crippen molar-refractivity contribution >= 4 is 5.97 Å². The maximum Gasteiger partial charge on any atom is 0.342 e. The Morgan fingerprint density at radius 2 is 2.07 bits per heavy atom. The molecule has 0 aliphatic rings. The van der Waals surface area contributed by atoms with Gasteiger partial charge < -0.3 is 9.57 Å². The molecule has 0 fully saturated rings. The van der Waals surface area contributed by atoms with Gasteiger partial charge in [-0.25, -0.2) is 4.79 Å². The van der Waals surface area contributed by atoms with E-state index in [1.54, 1.807) is 24.3 Å². The molecule has 0 radical (unpaired) electrons. The fourth-order valence-electron chi connectivity index (χ4n) is 1.06. The smallest absolute Gasteiger partial charge is 0.342 e. The number of hydrogen-bond acceptors (Lipinski definition) is 4. The molecule has 1 aromatic carbocycles. The van der Waals surface area contributed by atoms with Crippen molar-refractivity contribution in [2.75, 3.05) is 6.61 Å². The van der Waals surface area contributed by atoms with Crippen LogP contribution in [0.5, 0.6) is 5.75 Å². The Balaban J connectivity index is 2.72. The standard InChI is InChI=1S/C11H15NO3/c1-8(2)7-14-11(13)9-5-3-4-6-10(9)15-12/h3-6,8H,7,12H2,1-2H3. The Hall–Kier alpha value is -1.55.